The minimum atomic E-state index is -0.0298. The van der Waals surface area contributed by atoms with Gasteiger partial charge in [0.25, 0.3) is 0 Å². The van der Waals surface area contributed by atoms with Crippen molar-refractivity contribution in [2.45, 2.75) is 13.3 Å². The number of ketones is 1. The van der Waals surface area contributed by atoms with Gasteiger partial charge in [-0.2, -0.15) is 0 Å². The van der Waals surface area contributed by atoms with Gasteiger partial charge in [-0.1, -0.05) is 18.2 Å². The number of rotatable bonds is 6. The predicted molar refractivity (Wildman–Crippen MR) is 117 cm³/mol. The van der Waals surface area contributed by atoms with Crippen LogP contribution in [0.4, 0.5) is 11.5 Å². The minimum Gasteiger partial charge on any atom is -0.354 e. The fourth-order valence-electron chi connectivity index (χ4n) is 3.04. The summed E-state index contributed by atoms with van der Waals surface area (Å²) in [6.07, 6.45) is 2.25. The summed E-state index contributed by atoms with van der Waals surface area (Å²) in [6.45, 7) is 5.92. The summed E-state index contributed by atoms with van der Waals surface area (Å²) in [5.74, 6) is 0.972. The number of nitrogens with zero attached hydrogens (tertiary/aromatic N) is 3. The number of nitrogens with one attached hydrogen (secondary N) is 1. The van der Waals surface area contributed by atoms with Crippen molar-refractivity contribution in [3.05, 3.63) is 54.2 Å². The molecule has 28 heavy (non-hydrogen) atoms. The molecule has 6 nitrogen and oxygen atoms in total. The number of pyridine rings is 1. The highest BCUT2D eigenvalue weighted by molar-refractivity contribution is 5.97. The highest BCUT2D eigenvalue weighted by Gasteiger charge is 2.18. The van der Waals surface area contributed by atoms with Crippen molar-refractivity contribution in [3.8, 4) is 0 Å². The third kappa shape index (κ3) is 6.78. The van der Waals surface area contributed by atoms with Gasteiger partial charge in [0.05, 0.1) is 0 Å². The van der Waals surface area contributed by atoms with Crippen molar-refractivity contribution < 1.29 is 9.59 Å². The number of halogens is 2. The van der Waals surface area contributed by atoms with Crippen molar-refractivity contribution in [3.63, 3.8) is 0 Å². The third-order valence-corrected chi connectivity index (χ3v) is 4.55. The van der Waals surface area contributed by atoms with Gasteiger partial charge in [0.15, 0.2) is 5.78 Å². The Morgan fingerprint density at radius 2 is 1.79 bits per heavy atom. The second-order valence-electron chi connectivity index (χ2n) is 6.45. The van der Waals surface area contributed by atoms with E-state index in [1.165, 1.54) is 6.92 Å². The molecule has 2 heterocycles. The molecule has 0 aliphatic carbocycles. The summed E-state index contributed by atoms with van der Waals surface area (Å²) in [4.78, 5) is 32.5. The zero-order valence-corrected chi connectivity index (χ0v) is 17.5. The molecule has 1 aromatic heterocycles. The minimum absolute atomic E-state index is 0. The maximum Gasteiger partial charge on any atom is 0.225 e. The molecule has 0 unspecified atom stereocenters. The van der Waals surface area contributed by atoms with Gasteiger partial charge in [-0.3, -0.25) is 14.5 Å². The van der Waals surface area contributed by atoms with Crippen molar-refractivity contribution in [2.75, 3.05) is 42.9 Å². The maximum absolute atomic E-state index is 12.2. The van der Waals surface area contributed by atoms with Crippen LogP contribution in [-0.4, -0.2) is 54.3 Å². The molecule has 3 rings (SSSR count). The standard InChI is InChI=1S/C20H24N4O2.2ClH/c1-16(25)17-5-4-6-18(15-17)22-20(26)8-10-23-11-13-24(14-12-23)19-7-2-3-9-21-19;;/h2-7,9,15H,8,10-14H2,1H3,(H,22,26);2*1H. The lowest BCUT2D eigenvalue weighted by Gasteiger charge is -2.35. The molecule has 0 bridgehead atoms. The van der Waals surface area contributed by atoms with Crippen molar-refractivity contribution in [2.24, 2.45) is 0 Å². The highest BCUT2D eigenvalue weighted by Crippen LogP contribution is 2.14. The lowest BCUT2D eigenvalue weighted by molar-refractivity contribution is -0.116. The molecule has 1 fully saturated rings. The van der Waals surface area contributed by atoms with Gasteiger partial charge in [0.1, 0.15) is 5.82 Å². The van der Waals surface area contributed by atoms with E-state index in [0.29, 0.717) is 17.7 Å². The molecule has 0 radical (unpaired) electrons. The molecule has 152 valence electrons. The van der Waals surface area contributed by atoms with E-state index < -0.39 is 0 Å². The Labute approximate surface area is 178 Å². The molecule has 0 spiro atoms. The van der Waals surface area contributed by atoms with E-state index in [2.05, 4.69) is 20.1 Å². The lowest BCUT2D eigenvalue weighted by atomic mass is 10.1. The smallest absolute Gasteiger partial charge is 0.225 e. The number of hydrogen-bond acceptors (Lipinski definition) is 5. The monoisotopic (exact) mass is 424 g/mol. The van der Waals surface area contributed by atoms with Crippen molar-refractivity contribution in [1.29, 1.82) is 0 Å². The molecular weight excluding hydrogens is 399 g/mol. The number of carbonyl (C=O) groups is 2. The van der Waals surface area contributed by atoms with Crippen LogP contribution in [0, 0.1) is 0 Å². The Hall–Kier alpha value is -2.15. The first kappa shape index (κ1) is 23.9. The molecule has 1 aliphatic heterocycles. The van der Waals surface area contributed by atoms with Crippen LogP contribution in [0.2, 0.25) is 0 Å². The van der Waals surface area contributed by atoms with Gasteiger partial charge in [0.2, 0.25) is 5.91 Å². The zero-order valence-electron chi connectivity index (χ0n) is 15.8. The Morgan fingerprint density at radius 1 is 1.04 bits per heavy atom. The second kappa shape index (κ2) is 11.6. The van der Waals surface area contributed by atoms with Gasteiger partial charge in [-0.05, 0) is 31.2 Å². The average molecular weight is 425 g/mol. The first-order chi connectivity index (χ1) is 12.6. The summed E-state index contributed by atoms with van der Waals surface area (Å²) in [5.41, 5.74) is 1.27. The second-order valence-corrected chi connectivity index (χ2v) is 6.45. The van der Waals surface area contributed by atoms with Crippen LogP contribution in [0.25, 0.3) is 0 Å². The van der Waals surface area contributed by atoms with Gasteiger partial charge in [-0.15, -0.1) is 24.8 Å². The van der Waals surface area contributed by atoms with Crippen molar-refractivity contribution >= 4 is 48.0 Å². The number of anilines is 2. The van der Waals surface area contributed by atoms with E-state index in [4.69, 9.17) is 0 Å². The molecule has 0 atom stereocenters. The average Bonchev–Trinajstić information content (AvgIpc) is 2.68. The number of amides is 1. The Kier molecular flexibility index (Phi) is 9.93. The molecule has 1 amide bonds. The Morgan fingerprint density at radius 3 is 2.43 bits per heavy atom. The van der Waals surface area contributed by atoms with E-state index in [1.807, 2.05) is 24.4 Å². The van der Waals surface area contributed by atoms with Crippen LogP contribution in [0.15, 0.2) is 48.7 Å². The largest absolute Gasteiger partial charge is 0.354 e. The number of carbonyl (C=O) groups excluding carboxylic acids is 2. The quantitative estimate of drug-likeness (QED) is 0.720. The van der Waals surface area contributed by atoms with Crippen LogP contribution in [0.3, 0.4) is 0 Å². The van der Waals surface area contributed by atoms with E-state index >= 15 is 0 Å². The summed E-state index contributed by atoms with van der Waals surface area (Å²) >= 11 is 0. The molecule has 1 aliphatic rings. The number of piperazine rings is 1. The van der Waals surface area contributed by atoms with E-state index in [-0.39, 0.29) is 36.5 Å². The normalized spacial score (nSPS) is 13.8. The molecule has 1 aromatic carbocycles. The van der Waals surface area contributed by atoms with Crippen LogP contribution >= 0.6 is 24.8 Å². The fourth-order valence-corrected chi connectivity index (χ4v) is 3.04. The molecule has 2 aromatic rings. The van der Waals surface area contributed by atoms with Gasteiger partial charge in [-0.25, -0.2) is 4.98 Å². The summed E-state index contributed by atoms with van der Waals surface area (Å²) < 4.78 is 0. The number of hydrogen-bond donors (Lipinski definition) is 1. The maximum atomic E-state index is 12.2. The zero-order chi connectivity index (χ0) is 18.4. The SMILES string of the molecule is CC(=O)c1cccc(NC(=O)CCN2CCN(c3ccccn3)CC2)c1.Cl.Cl. The van der Waals surface area contributed by atoms with Crippen LogP contribution in [0.5, 0.6) is 0 Å². The Balaban J connectivity index is 0.00000196. The molecule has 1 saturated heterocycles. The van der Waals surface area contributed by atoms with Crippen LogP contribution < -0.4 is 10.2 Å². The predicted octanol–water partition coefficient (Wildman–Crippen LogP) is 3.28. The topological polar surface area (TPSA) is 65.5 Å². The number of aromatic nitrogens is 1. The third-order valence-electron chi connectivity index (χ3n) is 4.55. The van der Waals surface area contributed by atoms with E-state index in [0.717, 1.165) is 38.5 Å². The summed E-state index contributed by atoms with van der Waals surface area (Å²) in [6, 6.07) is 13.0. The highest BCUT2D eigenvalue weighted by atomic mass is 35.5. The molecular formula is C20H26Cl2N4O2. The summed E-state index contributed by atoms with van der Waals surface area (Å²) in [5, 5.41) is 2.87. The number of Topliss-reactive ketones (excluding diaryl/α,β-unsaturated/α-hetero) is 1. The summed E-state index contributed by atoms with van der Waals surface area (Å²) in [7, 11) is 0. The van der Waals surface area contributed by atoms with Gasteiger partial charge in [0, 0.05) is 56.6 Å². The van der Waals surface area contributed by atoms with Crippen molar-refractivity contribution in [1.82, 2.24) is 9.88 Å². The van der Waals surface area contributed by atoms with Gasteiger partial charge < -0.3 is 10.2 Å². The Bertz CT molecular complexity index is 766. The molecule has 1 N–H and O–H groups in total. The molecule has 0 saturated carbocycles. The molecule has 8 heteroatoms. The lowest BCUT2D eigenvalue weighted by Crippen LogP contribution is -2.47. The van der Waals surface area contributed by atoms with Crippen LogP contribution in [-0.2, 0) is 4.79 Å². The first-order valence-corrected chi connectivity index (χ1v) is 8.91. The fraction of sp³-hybridized carbons (Fsp3) is 0.350. The first-order valence-electron chi connectivity index (χ1n) is 8.91. The number of benzene rings is 1. The van der Waals surface area contributed by atoms with Crippen LogP contribution in [0.1, 0.15) is 23.7 Å². The van der Waals surface area contributed by atoms with E-state index in [9.17, 15) is 9.59 Å². The van der Waals surface area contributed by atoms with Gasteiger partial charge >= 0.3 is 0 Å². The van der Waals surface area contributed by atoms with E-state index in [1.54, 1.807) is 24.3 Å².